The fraction of sp³-hybridized carbons (Fsp3) is 0.800. The number of nitrogens with one attached hydrogen (secondary N) is 4. The van der Waals surface area contributed by atoms with Crippen molar-refractivity contribution < 1.29 is 28.7 Å². The van der Waals surface area contributed by atoms with Gasteiger partial charge >= 0.3 is 12.2 Å². The first-order chi connectivity index (χ1) is 13.6. The van der Waals surface area contributed by atoms with Crippen molar-refractivity contribution >= 4 is 24.0 Å². The summed E-state index contributed by atoms with van der Waals surface area (Å²) in [6, 6.07) is -1.45. The monoisotopic (exact) mass is 430 g/mol. The minimum Gasteiger partial charge on any atom is -0.444 e. The molecule has 0 spiro atoms. The first-order valence-corrected chi connectivity index (χ1v) is 10.1. The molecule has 4 amide bonds. The van der Waals surface area contributed by atoms with Gasteiger partial charge in [-0.25, -0.2) is 9.59 Å². The van der Waals surface area contributed by atoms with E-state index in [1.165, 1.54) is 0 Å². The molecule has 0 aliphatic carbocycles. The molecular weight excluding hydrogens is 392 g/mol. The lowest BCUT2D eigenvalue weighted by Crippen LogP contribution is -2.47. The molecule has 0 saturated heterocycles. The molecule has 0 aliphatic rings. The zero-order valence-electron chi connectivity index (χ0n) is 19.4. The van der Waals surface area contributed by atoms with E-state index < -0.39 is 35.5 Å². The minimum atomic E-state index is -0.723. The summed E-state index contributed by atoms with van der Waals surface area (Å²) >= 11 is 0. The molecule has 0 aromatic rings. The number of ether oxygens (including phenoxy) is 2. The molecule has 174 valence electrons. The van der Waals surface area contributed by atoms with Crippen LogP contribution in [0.2, 0.25) is 0 Å². The highest BCUT2D eigenvalue weighted by Gasteiger charge is 2.22. The molecule has 0 aromatic carbocycles. The van der Waals surface area contributed by atoms with Crippen LogP contribution in [0.3, 0.4) is 0 Å². The summed E-state index contributed by atoms with van der Waals surface area (Å²) in [5, 5.41) is 10.4. The zero-order chi connectivity index (χ0) is 23.5. The van der Waals surface area contributed by atoms with Crippen LogP contribution in [0.15, 0.2) is 0 Å². The molecule has 0 aliphatic heterocycles. The number of hydrogen-bond acceptors (Lipinski definition) is 6. The van der Waals surface area contributed by atoms with E-state index in [4.69, 9.17) is 9.47 Å². The molecule has 0 bridgehead atoms. The maximum atomic E-state index is 12.0. The molecule has 0 heterocycles. The van der Waals surface area contributed by atoms with Crippen molar-refractivity contribution in [3.05, 3.63) is 0 Å². The van der Waals surface area contributed by atoms with Gasteiger partial charge in [0.1, 0.15) is 23.3 Å². The Balaban J connectivity index is 3.97. The third-order valence-corrected chi connectivity index (χ3v) is 3.46. The fourth-order valence-electron chi connectivity index (χ4n) is 2.08. The molecule has 30 heavy (non-hydrogen) atoms. The molecule has 2 atom stereocenters. The van der Waals surface area contributed by atoms with Crippen molar-refractivity contribution in [3.8, 4) is 0 Å². The van der Waals surface area contributed by atoms with Gasteiger partial charge in [-0.15, -0.1) is 0 Å². The Kier molecular flexibility index (Phi) is 11.2. The molecule has 0 radical (unpaired) electrons. The molecular formula is C20H38N4O6. The Bertz CT molecular complexity index is 543. The lowest BCUT2D eigenvalue weighted by atomic mass is 10.2. The molecule has 0 rings (SSSR count). The predicted octanol–water partition coefficient (Wildman–Crippen LogP) is 1.83. The number of rotatable bonds is 9. The summed E-state index contributed by atoms with van der Waals surface area (Å²) in [6.45, 7) is 14.4. The number of alkyl carbamates (subject to hydrolysis) is 2. The van der Waals surface area contributed by atoms with Gasteiger partial charge in [-0.3, -0.25) is 9.59 Å². The Morgan fingerprint density at radius 3 is 1.23 bits per heavy atom. The summed E-state index contributed by atoms with van der Waals surface area (Å²) in [4.78, 5) is 47.3. The van der Waals surface area contributed by atoms with Crippen molar-refractivity contribution in [1.29, 1.82) is 0 Å². The van der Waals surface area contributed by atoms with Gasteiger partial charge in [0, 0.05) is 13.1 Å². The smallest absolute Gasteiger partial charge is 0.408 e. The highest BCUT2D eigenvalue weighted by atomic mass is 16.6. The molecule has 0 saturated carbocycles. The number of carbonyl (C=O) groups excluding carboxylic acids is 4. The Hall–Kier alpha value is -2.52. The van der Waals surface area contributed by atoms with Gasteiger partial charge in [-0.05, 0) is 68.2 Å². The minimum absolute atomic E-state index is 0.319. The maximum absolute atomic E-state index is 12.0. The largest absolute Gasteiger partial charge is 0.444 e. The van der Waals surface area contributed by atoms with E-state index in [0.717, 1.165) is 0 Å². The van der Waals surface area contributed by atoms with Gasteiger partial charge in [-0.1, -0.05) is 0 Å². The van der Waals surface area contributed by atoms with Crippen molar-refractivity contribution in [2.75, 3.05) is 13.1 Å². The van der Waals surface area contributed by atoms with Crippen LogP contribution in [0.25, 0.3) is 0 Å². The van der Waals surface area contributed by atoms with Gasteiger partial charge < -0.3 is 30.7 Å². The normalized spacial score (nSPS) is 13.5. The van der Waals surface area contributed by atoms with E-state index in [2.05, 4.69) is 21.3 Å². The van der Waals surface area contributed by atoms with Gasteiger partial charge in [-0.2, -0.15) is 0 Å². The Morgan fingerprint density at radius 1 is 0.667 bits per heavy atom. The van der Waals surface area contributed by atoms with Crippen molar-refractivity contribution in [2.24, 2.45) is 0 Å². The second-order valence-electron chi connectivity index (χ2n) is 9.02. The topological polar surface area (TPSA) is 135 Å². The van der Waals surface area contributed by atoms with E-state index in [1.807, 2.05) is 0 Å². The number of unbranched alkanes of at least 4 members (excludes halogenated alkanes) is 1. The average molecular weight is 431 g/mol. The van der Waals surface area contributed by atoms with Crippen LogP contribution in [-0.2, 0) is 19.1 Å². The van der Waals surface area contributed by atoms with Crippen molar-refractivity contribution in [2.45, 2.75) is 91.5 Å². The van der Waals surface area contributed by atoms with Crippen LogP contribution in [0, 0.1) is 0 Å². The summed E-state index contributed by atoms with van der Waals surface area (Å²) in [5.41, 5.74) is -1.27. The molecule has 4 N–H and O–H groups in total. The van der Waals surface area contributed by atoms with Gasteiger partial charge in [0.15, 0.2) is 0 Å². The van der Waals surface area contributed by atoms with Crippen LogP contribution in [0.5, 0.6) is 0 Å². The maximum Gasteiger partial charge on any atom is 0.408 e. The Labute approximate surface area is 179 Å². The van der Waals surface area contributed by atoms with Crippen molar-refractivity contribution in [3.63, 3.8) is 0 Å². The van der Waals surface area contributed by atoms with Crippen LogP contribution in [-0.4, -0.2) is 60.4 Å². The zero-order valence-corrected chi connectivity index (χ0v) is 19.4. The van der Waals surface area contributed by atoms with Crippen LogP contribution in [0.4, 0.5) is 9.59 Å². The molecule has 0 aromatic heterocycles. The summed E-state index contributed by atoms with van der Waals surface area (Å²) in [7, 11) is 0. The fourth-order valence-corrected chi connectivity index (χ4v) is 2.08. The molecule has 10 heteroatoms. The summed E-state index contributed by atoms with van der Waals surface area (Å²) in [5.74, 6) is -0.639. The number of amides is 4. The lowest BCUT2D eigenvalue weighted by molar-refractivity contribution is -0.123. The lowest BCUT2D eigenvalue weighted by Gasteiger charge is -2.22. The summed E-state index contributed by atoms with van der Waals surface area (Å²) in [6.07, 6.45) is -0.0260. The predicted molar refractivity (Wildman–Crippen MR) is 113 cm³/mol. The van der Waals surface area contributed by atoms with E-state index in [1.54, 1.807) is 55.4 Å². The van der Waals surface area contributed by atoms with Crippen molar-refractivity contribution in [1.82, 2.24) is 21.3 Å². The van der Waals surface area contributed by atoms with E-state index in [9.17, 15) is 19.2 Å². The molecule has 0 unspecified atom stereocenters. The third kappa shape index (κ3) is 14.5. The SMILES string of the molecule is C[C@H](NC(=O)OC(C)(C)C)C(=O)NCCCCNC(=O)[C@H](C)NC(=O)OC(C)(C)C. The van der Waals surface area contributed by atoms with E-state index >= 15 is 0 Å². The standard InChI is InChI=1S/C20H38N4O6/c1-13(23-17(27)29-19(3,4)5)15(25)21-11-9-10-12-22-16(26)14(2)24-18(28)30-20(6,7)8/h13-14H,9-12H2,1-8H3,(H,21,25)(H,22,26)(H,23,27)(H,24,28)/t13-,14-/m0/s1. The highest BCUT2D eigenvalue weighted by Crippen LogP contribution is 2.07. The first kappa shape index (κ1) is 27.5. The molecule has 10 nitrogen and oxygen atoms in total. The summed E-state index contributed by atoms with van der Waals surface area (Å²) < 4.78 is 10.2. The third-order valence-electron chi connectivity index (χ3n) is 3.46. The highest BCUT2D eigenvalue weighted by molar-refractivity contribution is 5.85. The van der Waals surface area contributed by atoms with E-state index in [-0.39, 0.29) is 11.8 Å². The van der Waals surface area contributed by atoms with E-state index in [0.29, 0.717) is 25.9 Å². The average Bonchev–Trinajstić information content (AvgIpc) is 2.53. The second-order valence-corrected chi connectivity index (χ2v) is 9.02. The first-order valence-electron chi connectivity index (χ1n) is 10.1. The van der Waals surface area contributed by atoms with Gasteiger partial charge in [0.2, 0.25) is 11.8 Å². The quantitative estimate of drug-likeness (QED) is 0.412. The number of carbonyl (C=O) groups is 4. The van der Waals surface area contributed by atoms with Crippen LogP contribution >= 0.6 is 0 Å². The van der Waals surface area contributed by atoms with Crippen LogP contribution < -0.4 is 21.3 Å². The van der Waals surface area contributed by atoms with Gasteiger partial charge in [0.25, 0.3) is 0 Å². The molecule has 0 fully saturated rings. The second kappa shape index (κ2) is 12.2. The van der Waals surface area contributed by atoms with Crippen LogP contribution in [0.1, 0.15) is 68.2 Å². The number of hydrogen-bond donors (Lipinski definition) is 4. The Morgan fingerprint density at radius 2 is 0.967 bits per heavy atom. The van der Waals surface area contributed by atoms with Gasteiger partial charge in [0.05, 0.1) is 0 Å².